The van der Waals surface area contributed by atoms with Crippen LogP contribution >= 0.6 is 0 Å². The van der Waals surface area contributed by atoms with E-state index in [0.717, 1.165) is 5.56 Å². The minimum atomic E-state index is -0.411. The molecular formula is C16H17NO4. The maximum Gasteiger partial charge on any atom is 0.310 e. The highest BCUT2D eigenvalue weighted by atomic mass is 16.5. The van der Waals surface area contributed by atoms with Gasteiger partial charge in [0.05, 0.1) is 12.7 Å². The van der Waals surface area contributed by atoms with Crippen LogP contribution in [0.4, 0.5) is 5.69 Å². The molecule has 21 heavy (non-hydrogen) atoms. The molecular weight excluding hydrogens is 270 g/mol. The second kappa shape index (κ2) is 6.74. The van der Waals surface area contributed by atoms with Gasteiger partial charge in [-0.05, 0) is 36.8 Å². The highest BCUT2D eigenvalue weighted by Crippen LogP contribution is 2.18. The molecule has 5 nitrogen and oxygen atoms in total. The average molecular weight is 287 g/mol. The Hall–Kier alpha value is -2.56. The number of furan rings is 1. The molecule has 0 bridgehead atoms. The summed E-state index contributed by atoms with van der Waals surface area (Å²) < 4.78 is 10.5. The zero-order valence-electron chi connectivity index (χ0n) is 12.0. The van der Waals surface area contributed by atoms with Crippen LogP contribution in [-0.2, 0) is 20.7 Å². The van der Waals surface area contributed by atoms with Crippen LogP contribution in [0, 0.1) is 0 Å². The Morgan fingerprint density at radius 3 is 2.52 bits per heavy atom. The number of carbonyl (C=O) groups excluding carboxylic acids is 2. The first kappa shape index (κ1) is 14.8. The van der Waals surface area contributed by atoms with Crippen LogP contribution in [0.1, 0.15) is 31.3 Å². The second-order valence-corrected chi connectivity index (χ2v) is 4.70. The number of rotatable bonds is 5. The number of carbonyl (C=O) groups is 2. The lowest BCUT2D eigenvalue weighted by Gasteiger charge is -2.11. The van der Waals surface area contributed by atoms with Crippen molar-refractivity contribution in [2.75, 3.05) is 5.32 Å². The van der Waals surface area contributed by atoms with Crippen LogP contribution in [0.2, 0.25) is 0 Å². The predicted octanol–water partition coefficient (Wildman–Crippen LogP) is 3.08. The van der Waals surface area contributed by atoms with Crippen molar-refractivity contribution in [1.82, 2.24) is 0 Å². The molecule has 110 valence electrons. The fourth-order valence-corrected chi connectivity index (χ4v) is 1.90. The number of ether oxygens (including phenoxy) is 1. The van der Waals surface area contributed by atoms with Gasteiger partial charge in [-0.15, -0.1) is 0 Å². The Bertz CT molecular complexity index is 602. The van der Waals surface area contributed by atoms with Gasteiger partial charge in [0.15, 0.2) is 6.10 Å². The van der Waals surface area contributed by atoms with Crippen LogP contribution in [-0.4, -0.2) is 11.9 Å². The van der Waals surface area contributed by atoms with Crippen molar-refractivity contribution < 1.29 is 18.7 Å². The Kier molecular flexibility index (Phi) is 4.77. The first-order chi connectivity index (χ1) is 10.0. The zero-order chi connectivity index (χ0) is 15.2. The lowest BCUT2D eigenvalue weighted by Crippen LogP contribution is -2.11. The molecule has 0 aliphatic heterocycles. The average Bonchev–Trinajstić information content (AvgIpc) is 2.94. The maximum absolute atomic E-state index is 11.8. The molecule has 1 amide bonds. The topological polar surface area (TPSA) is 68.5 Å². The van der Waals surface area contributed by atoms with E-state index in [1.54, 1.807) is 49.6 Å². The van der Waals surface area contributed by atoms with Gasteiger partial charge in [0.25, 0.3) is 0 Å². The van der Waals surface area contributed by atoms with Crippen molar-refractivity contribution >= 4 is 17.6 Å². The summed E-state index contributed by atoms with van der Waals surface area (Å²) in [5.74, 6) is 0.157. The summed E-state index contributed by atoms with van der Waals surface area (Å²) in [7, 11) is 0. The number of esters is 1. The van der Waals surface area contributed by atoms with Gasteiger partial charge in [-0.3, -0.25) is 9.59 Å². The summed E-state index contributed by atoms with van der Waals surface area (Å²) in [6.07, 6.45) is 1.30. The molecule has 0 aliphatic rings. The summed E-state index contributed by atoms with van der Waals surface area (Å²) in [6, 6.07) is 10.6. The van der Waals surface area contributed by atoms with Crippen molar-refractivity contribution in [3.63, 3.8) is 0 Å². The highest BCUT2D eigenvalue weighted by molar-refractivity contribution is 5.88. The molecule has 1 aromatic heterocycles. The van der Waals surface area contributed by atoms with Crippen LogP contribution in [0.25, 0.3) is 0 Å². The molecule has 1 unspecified atom stereocenters. The van der Waals surface area contributed by atoms with Crippen LogP contribution in [0.3, 0.4) is 0 Å². The molecule has 0 spiro atoms. The van der Waals surface area contributed by atoms with Crippen LogP contribution in [0.5, 0.6) is 0 Å². The Morgan fingerprint density at radius 2 is 1.95 bits per heavy atom. The molecule has 1 heterocycles. The molecule has 0 radical (unpaired) electrons. The number of amides is 1. The van der Waals surface area contributed by atoms with E-state index in [1.165, 1.54) is 6.92 Å². The number of anilines is 1. The Labute approximate surface area is 122 Å². The largest absolute Gasteiger partial charge is 0.465 e. The maximum atomic E-state index is 11.8. The van der Waals surface area contributed by atoms with Gasteiger partial charge in [0.1, 0.15) is 5.76 Å². The second-order valence-electron chi connectivity index (χ2n) is 4.70. The number of hydrogen-bond donors (Lipinski definition) is 1. The molecule has 2 aromatic rings. The monoisotopic (exact) mass is 287 g/mol. The minimum Gasteiger partial charge on any atom is -0.465 e. The first-order valence-electron chi connectivity index (χ1n) is 6.64. The third kappa shape index (κ3) is 4.49. The van der Waals surface area contributed by atoms with Gasteiger partial charge < -0.3 is 14.5 Å². The SMILES string of the molecule is CC(=O)Nc1ccc(CC(=O)OC(C)c2ccco2)cc1. The quantitative estimate of drug-likeness (QED) is 0.858. The standard InChI is InChI=1S/C16H17NO4/c1-11(15-4-3-9-20-15)21-16(19)10-13-5-7-14(8-6-13)17-12(2)18/h3-9,11H,10H2,1-2H3,(H,17,18). The first-order valence-corrected chi connectivity index (χ1v) is 6.64. The van der Waals surface area contributed by atoms with Crippen molar-refractivity contribution in [2.45, 2.75) is 26.4 Å². The van der Waals surface area contributed by atoms with E-state index in [1.807, 2.05) is 0 Å². The van der Waals surface area contributed by atoms with E-state index in [9.17, 15) is 9.59 Å². The third-order valence-electron chi connectivity index (χ3n) is 2.87. The summed E-state index contributed by atoms with van der Waals surface area (Å²) in [4.78, 5) is 22.8. The van der Waals surface area contributed by atoms with Gasteiger partial charge in [-0.25, -0.2) is 0 Å². The summed E-state index contributed by atoms with van der Waals surface area (Å²) in [5.41, 5.74) is 1.52. The van der Waals surface area contributed by atoms with Gasteiger partial charge in [-0.1, -0.05) is 12.1 Å². The molecule has 0 aliphatic carbocycles. The normalized spacial score (nSPS) is 11.7. The fourth-order valence-electron chi connectivity index (χ4n) is 1.90. The minimum absolute atomic E-state index is 0.130. The fraction of sp³-hybridized carbons (Fsp3) is 0.250. The summed E-state index contributed by atoms with van der Waals surface area (Å²) in [6.45, 7) is 3.21. The Morgan fingerprint density at radius 1 is 1.24 bits per heavy atom. The zero-order valence-corrected chi connectivity index (χ0v) is 12.0. The number of hydrogen-bond acceptors (Lipinski definition) is 4. The van der Waals surface area contributed by atoms with E-state index in [0.29, 0.717) is 11.4 Å². The molecule has 0 saturated carbocycles. The molecule has 5 heteroatoms. The van der Waals surface area contributed by atoms with Gasteiger partial charge in [0.2, 0.25) is 5.91 Å². The van der Waals surface area contributed by atoms with Gasteiger partial charge in [-0.2, -0.15) is 0 Å². The van der Waals surface area contributed by atoms with Gasteiger partial charge >= 0.3 is 5.97 Å². The molecule has 0 saturated heterocycles. The molecule has 1 aromatic carbocycles. The van der Waals surface area contributed by atoms with E-state index in [4.69, 9.17) is 9.15 Å². The lowest BCUT2D eigenvalue weighted by molar-refractivity contribution is -0.148. The lowest BCUT2D eigenvalue weighted by atomic mass is 10.1. The molecule has 1 atom stereocenters. The molecule has 2 rings (SSSR count). The van der Waals surface area contributed by atoms with Crippen molar-refractivity contribution in [3.05, 3.63) is 54.0 Å². The summed E-state index contributed by atoms with van der Waals surface area (Å²) >= 11 is 0. The van der Waals surface area contributed by atoms with Crippen LogP contribution < -0.4 is 5.32 Å². The molecule has 1 N–H and O–H groups in total. The molecule has 0 fully saturated rings. The third-order valence-corrected chi connectivity index (χ3v) is 2.87. The highest BCUT2D eigenvalue weighted by Gasteiger charge is 2.14. The van der Waals surface area contributed by atoms with Crippen molar-refractivity contribution in [1.29, 1.82) is 0 Å². The summed E-state index contributed by atoms with van der Waals surface area (Å²) in [5, 5.41) is 2.67. The number of benzene rings is 1. The van der Waals surface area contributed by atoms with E-state index < -0.39 is 6.10 Å². The predicted molar refractivity (Wildman–Crippen MR) is 77.7 cm³/mol. The van der Waals surface area contributed by atoms with Gasteiger partial charge in [0, 0.05) is 12.6 Å². The van der Waals surface area contributed by atoms with E-state index in [-0.39, 0.29) is 18.3 Å². The Balaban J connectivity index is 1.89. The van der Waals surface area contributed by atoms with E-state index >= 15 is 0 Å². The smallest absolute Gasteiger partial charge is 0.310 e. The number of nitrogens with one attached hydrogen (secondary N) is 1. The van der Waals surface area contributed by atoms with E-state index in [2.05, 4.69) is 5.32 Å². The van der Waals surface area contributed by atoms with Crippen LogP contribution in [0.15, 0.2) is 47.1 Å². The van der Waals surface area contributed by atoms with Crippen molar-refractivity contribution in [2.24, 2.45) is 0 Å². The van der Waals surface area contributed by atoms with Crippen molar-refractivity contribution in [3.8, 4) is 0 Å².